The Balaban J connectivity index is 2.13. The molecule has 2 aromatic rings. The minimum atomic E-state index is 0.0341. The van der Waals surface area contributed by atoms with Crippen LogP contribution in [0.1, 0.15) is 23.8 Å². The molecule has 0 unspecified atom stereocenters. The highest BCUT2D eigenvalue weighted by Crippen LogP contribution is 2.21. The summed E-state index contributed by atoms with van der Waals surface area (Å²) in [6.45, 7) is 4.45. The molecule has 1 aromatic heterocycles. The molecule has 0 radical (unpaired) electrons. The summed E-state index contributed by atoms with van der Waals surface area (Å²) in [4.78, 5) is 19.7. The number of rotatable bonds is 6. The second-order valence-electron chi connectivity index (χ2n) is 5.54. The largest absolute Gasteiger partial charge is 0.397 e. The van der Waals surface area contributed by atoms with Crippen LogP contribution in [-0.2, 0) is 0 Å². The highest BCUT2D eigenvalue weighted by molar-refractivity contribution is 6.00. The number of aromatic amines is 1. The number of hydrogen-bond acceptors (Lipinski definition) is 3. The number of anilines is 1. The number of nitrogens with two attached hydrogens (primary N) is 1. The molecule has 0 atom stereocenters. The predicted octanol–water partition coefficient (Wildman–Crippen LogP) is 2.16. The van der Waals surface area contributed by atoms with E-state index in [1.54, 1.807) is 0 Å². The van der Waals surface area contributed by atoms with Crippen molar-refractivity contribution in [3.05, 3.63) is 30.0 Å². The van der Waals surface area contributed by atoms with Crippen LogP contribution >= 0.6 is 0 Å². The maximum absolute atomic E-state index is 12.6. The molecule has 1 aromatic carbocycles. The van der Waals surface area contributed by atoms with E-state index in [4.69, 9.17) is 5.73 Å². The van der Waals surface area contributed by atoms with E-state index < -0.39 is 0 Å². The first-order chi connectivity index (χ1) is 10.0. The quantitative estimate of drug-likeness (QED) is 0.801. The average Bonchev–Trinajstić information content (AvgIpc) is 2.88. The SMILES string of the molecule is CCN(CCCN(C)C)C(=O)c1cc2cccc(N)c2[nH]1. The Morgan fingerprint density at radius 1 is 1.29 bits per heavy atom. The number of carbonyl (C=O) groups is 1. The first-order valence-corrected chi connectivity index (χ1v) is 7.34. The number of aromatic nitrogens is 1. The molecule has 1 amide bonds. The lowest BCUT2D eigenvalue weighted by molar-refractivity contribution is 0.0754. The fourth-order valence-electron chi connectivity index (χ4n) is 2.45. The molecule has 0 fully saturated rings. The maximum atomic E-state index is 12.6. The fraction of sp³-hybridized carbons (Fsp3) is 0.438. The van der Waals surface area contributed by atoms with Gasteiger partial charge in [0.1, 0.15) is 5.69 Å². The van der Waals surface area contributed by atoms with E-state index in [-0.39, 0.29) is 5.91 Å². The number of para-hydroxylation sites is 1. The third-order valence-corrected chi connectivity index (χ3v) is 3.62. The first-order valence-electron chi connectivity index (χ1n) is 7.34. The van der Waals surface area contributed by atoms with Gasteiger partial charge in [0.15, 0.2) is 0 Å². The molecular formula is C16H24N4O. The Hall–Kier alpha value is -2.01. The van der Waals surface area contributed by atoms with E-state index in [0.29, 0.717) is 17.9 Å². The van der Waals surface area contributed by atoms with Crippen LogP contribution in [0.15, 0.2) is 24.3 Å². The summed E-state index contributed by atoms with van der Waals surface area (Å²) in [5, 5.41) is 0.975. The molecule has 2 rings (SSSR count). The Kier molecular flexibility index (Phi) is 4.85. The molecule has 0 aliphatic carbocycles. The second kappa shape index (κ2) is 6.63. The van der Waals surface area contributed by atoms with Crippen molar-refractivity contribution in [3.63, 3.8) is 0 Å². The molecule has 114 valence electrons. The molecular weight excluding hydrogens is 264 g/mol. The number of nitrogens with one attached hydrogen (secondary N) is 1. The molecule has 3 N–H and O–H groups in total. The van der Waals surface area contributed by atoms with Crippen molar-refractivity contribution in [3.8, 4) is 0 Å². The van der Waals surface area contributed by atoms with Gasteiger partial charge in [-0.15, -0.1) is 0 Å². The molecule has 0 saturated carbocycles. The van der Waals surface area contributed by atoms with Crippen molar-refractivity contribution in [2.45, 2.75) is 13.3 Å². The van der Waals surface area contributed by atoms with Crippen LogP contribution in [0.5, 0.6) is 0 Å². The van der Waals surface area contributed by atoms with Gasteiger partial charge in [0, 0.05) is 18.5 Å². The summed E-state index contributed by atoms with van der Waals surface area (Å²) in [6, 6.07) is 7.57. The van der Waals surface area contributed by atoms with Gasteiger partial charge in [-0.25, -0.2) is 0 Å². The highest BCUT2D eigenvalue weighted by Gasteiger charge is 2.16. The van der Waals surface area contributed by atoms with Crippen LogP contribution in [0.4, 0.5) is 5.69 Å². The zero-order valence-corrected chi connectivity index (χ0v) is 13.0. The molecule has 0 aliphatic rings. The Bertz CT molecular complexity index is 618. The first kappa shape index (κ1) is 15.4. The lowest BCUT2D eigenvalue weighted by atomic mass is 10.2. The molecule has 0 bridgehead atoms. The van der Waals surface area contributed by atoms with Gasteiger partial charge in [0.05, 0.1) is 11.2 Å². The van der Waals surface area contributed by atoms with Gasteiger partial charge >= 0.3 is 0 Å². The molecule has 5 nitrogen and oxygen atoms in total. The molecule has 0 saturated heterocycles. The second-order valence-corrected chi connectivity index (χ2v) is 5.54. The molecule has 21 heavy (non-hydrogen) atoms. The Morgan fingerprint density at radius 3 is 2.67 bits per heavy atom. The Labute approximate surface area is 125 Å². The number of nitrogen functional groups attached to an aromatic ring is 1. The standard InChI is InChI=1S/C16H24N4O/c1-4-20(10-6-9-19(2)3)16(21)14-11-12-7-5-8-13(17)15(12)18-14/h5,7-8,11,18H,4,6,9-10,17H2,1-3H3. The lowest BCUT2D eigenvalue weighted by Crippen LogP contribution is -2.33. The average molecular weight is 288 g/mol. The van der Waals surface area contributed by atoms with Crippen molar-refractivity contribution < 1.29 is 4.79 Å². The number of hydrogen-bond donors (Lipinski definition) is 2. The number of amides is 1. The maximum Gasteiger partial charge on any atom is 0.270 e. The van der Waals surface area contributed by atoms with E-state index in [9.17, 15) is 4.79 Å². The number of H-pyrrole nitrogens is 1. The van der Waals surface area contributed by atoms with Crippen molar-refractivity contribution in [1.29, 1.82) is 0 Å². The van der Waals surface area contributed by atoms with Crippen molar-refractivity contribution >= 4 is 22.5 Å². The van der Waals surface area contributed by atoms with E-state index in [0.717, 1.165) is 30.4 Å². The lowest BCUT2D eigenvalue weighted by Gasteiger charge is -2.21. The minimum absolute atomic E-state index is 0.0341. The normalized spacial score (nSPS) is 11.2. The number of benzene rings is 1. The Morgan fingerprint density at radius 2 is 2.05 bits per heavy atom. The van der Waals surface area contributed by atoms with Gasteiger partial charge < -0.3 is 20.5 Å². The van der Waals surface area contributed by atoms with Crippen molar-refractivity contribution in [2.24, 2.45) is 0 Å². The van der Waals surface area contributed by atoms with E-state index in [1.807, 2.05) is 50.2 Å². The number of carbonyl (C=O) groups excluding carboxylic acids is 1. The van der Waals surface area contributed by atoms with Gasteiger partial charge in [0.25, 0.3) is 5.91 Å². The fourth-order valence-corrected chi connectivity index (χ4v) is 2.45. The van der Waals surface area contributed by atoms with E-state index >= 15 is 0 Å². The molecule has 0 spiro atoms. The van der Waals surface area contributed by atoms with Gasteiger partial charge in [-0.3, -0.25) is 4.79 Å². The highest BCUT2D eigenvalue weighted by atomic mass is 16.2. The van der Waals surface area contributed by atoms with Gasteiger partial charge in [-0.05, 0) is 46.1 Å². The summed E-state index contributed by atoms with van der Waals surface area (Å²) in [7, 11) is 4.08. The molecule has 0 aliphatic heterocycles. The third-order valence-electron chi connectivity index (χ3n) is 3.62. The zero-order valence-electron chi connectivity index (χ0n) is 13.0. The molecule has 5 heteroatoms. The van der Waals surface area contributed by atoms with Crippen molar-refractivity contribution in [1.82, 2.24) is 14.8 Å². The summed E-state index contributed by atoms with van der Waals surface area (Å²) < 4.78 is 0. The zero-order chi connectivity index (χ0) is 15.4. The number of fused-ring (bicyclic) bond motifs is 1. The van der Waals surface area contributed by atoms with Crippen LogP contribution in [0, 0.1) is 0 Å². The van der Waals surface area contributed by atoms with Crippen LogP contribution in [0.25, 0.3) is 10.9 Å². The van der Waals surface area contributed by atoms with Gasteiger partial charge in [-0.2, -0.15) is 0 Å². The monoisotopic (exact) mass is 288 g/mol. The van der Waals surface area contributed by atoms with Gasteiger partial charge in [0.2, 0.25) is 0 Å². The summed E-state index contributed by atoms with van der Waals surface area (Å²) >= 11 is 0. The van der Waals surface area contributed by atoms with E-state index in [1.165, 1.54) is 0 Å². The van der Waals surface area contributed by atoms with Crippen LogP contribution in [0.2, 0.25) is 0 Å². The number of nitrogens with zero attached hydrogens (tertiary/aromatic N) is 2. The molecule has 1 heterocycles. The van der Waals surface area contributed by atoms with Crippen LogP contribution in [0.3, 0.4) is 0 Å². The summed E-state index contributed by atoms with van der Waals surface area (Å²) in [6.07, 6.45) is 0.967. The van der Waals surface area contributed by atoms with Crippen LogP contribution in [-0.4, -0.2) is 54.4 Å². The minimum Gasteiger partial charge on any atom is -0.397 e. The third kappa shape index (κ3) is 3.55. The summed E-state index contributed by atoms with van der Waals surface area (Å²) in [5.74, 6) is 0.0341. The van der Waals surface area contributed by atoms with E-state index in [2.05, 4.69) is 9.88 Å². The smallest absolute Gasteiger partial charge is 0.270 e. The topological polar surface area (TPSA) is 65.4 Å². The predicted molar refractivity (Wildman–Crippen MR) is 87.5 cm³/mol. The van der Waals surface area contributed by atoms with Crippen LogP contribution < -0.4 is 5.73 Å². The van der Waals surface area contributed by atoms with Gasteiger partial charge in [-0.1, -0.05) is 12.1 Å². The van der Waals surface area contributed by atoms with Crippen molar-refractivity contribution in [2.75, 3.05) is 39.5 Å². The summed E-state index contributed by atoms with van der Waals surface area (Å²) in [5.41, 5.74) is 8.04.